The second kappa shape index (κ2) is 6.94. The summed E-state index contributed by atoms with van der Waals surface area (Å²) in [7, 11) is -5.59. The van der Waals surface area contributed by atoms with Gasteiger partial charge in [0, 0.05) is 0 Å². The lowest BCUT2D eigenvalue weighted by molar-refractivity contribution is -0.436. The number of rotatable bonds is 8. The minimum atomic E-state index is -8.03. The van der Waals surface area contributed by atoms with Gasteiger partial charge in [-0.3, -0.25) is 4.18 Å². The first-order valence-electron chi connectivity index (χ1n) is 5.69. The van der Waals surface area contributed by atoms with E-state index < -0.39 is 64.9 Å². The summed E-state index contributed by atoms with van der Waals surface area (Å²) in [4.78, 5) is 0. The molecule has 0 fully saturated rings. The summed E-state index contributed by atoms with van der Waals surface area (Å²) in [6.07, 6.45) is -9.55. The predicted octanol–water partition coefficient (Wildman–Crippen LogP) is 3.87. The molecule has 0 aromatic carbocycles. The lowest BCUT2D eigenvalue weighted by atomic mass is 9.94. The van der Waals surface area contributed by atoms with Crippen LogP contribution in [0.1, 0.15) is 1.43 Å². The van der Waals surface area contributed by atoms with Gasteiger partial charge in [-0.1, -0.05) is 6.08 Å². The fourth-order valence-electron chi connectivity index (χ4n) is 1.21. The first-order valence-corrected chi connectivity index (χ1v) is 7.03. The molecule has 0 saturated carbocycles. The quantitative estimate of drug-likeness (QED) is 0.241. The fraction of sp³-hybridized carbons (Fsp3) is 0.778. The standard InChI is InChI=1S/C9H5F13O4S/c10-4(11,2-1-3-26-27(23,24)25)5(12,13)6(14,15)7(16,17)8(18,19)9(20,21)22/h1-2H,3H2,(H,23,24,25). The molecule has 0 unspecified atom stereocenters. The molecule has 0 N–H and O–H groups in total. The van der Waals surface area contributed by atoms with Crippen LogP contribution in [0.25, 0.3) is 0 Å². The monoisotopic (exact) mass is 456 g/mol. The summed E-state index contributed by atoms with van der Waals surface area (Å²) < 4.78 is 197. The molecule has 0 heterocycles. The Labute approximate surface area is 142 Å². The van der Waals surface area contributed by atoms with Gasteiger partial charge in [-0.2, -0.15) is 57.1 Å². The second-order valence-electron chi connectivity index (χ2n) is 4.51. The zero-order chi connectivity index (χ0) is 22.3. The Balaban J connectivity index is 0. The molecule has 0 aromatic rings. The molecule has 0 spiro atoms. The summed E-state index contributed by atoms with van der Waals surface area (Å²) in [6, 6.07) is 0. The molecule has 27 heavy (non-hydrogen) atoms. The number of alkyl halides is 13. The van der Waals surface area contributed by atoms with Gasteiger partial charge in [-0.05, 0) is 6.08 Å². The smallest absolute Gasteiger partial charge is 0.726 e. The highest BCUT2D eigenvalue weighted by Gasteiger charge is 2.90. The van der Waals surface area contributed by atoms with Gasteiger partial charge in [0.05, 0.1) is 6.61 Å². The molecule has 0 bridgehead atoms. The summed E-state index contributed by atoms with van der Waals surface area (Å²) in [5, 5.41) is 0. The Morgan fingerprint density at radius 2 is 1.11 bits per heavy atom. The topological polar surface area (TPSA) is 66.4 Å². The van der Waals surface area contributed by atoms with E-state index in [4.69, 9.17) is 0 Å². The van der Waals surface area contributed by atoms with E-state index in [0.717, 1.165) is 0 Å². The van der Waals surface area contributed by atoms with Crippen molar-refractivity contribution in [2.24, 2.45) is 0 Å². The molecule has 162 valence electrons. The first kappa shape index (κ1) is 25.7. The third kappa shape index (κ3) is 4.58. The van der Waals surface area contributed by atoms with Crippen LogP contribution in [0.2, 0.25) is 0 Å². The van der Waals surface area contributed by atoms with Crippen LogP contribution >= 0.6 is 0 Å². The van der Waals surface area contributed by atoms with Gasteiger partial charge in [-0.25, -0.2) is 8.42 Å². The molecule has 18 heteroatoms. The largest absolute Gasteiger partial charge is 1.00 e. The summed E-state index contributed by atoms with van der Waals surface area (Å²) in [5.74, 6) is -37.9. The van der Waals surface area contributed by atoms with E-state index in [1.54, 1.807) is 0 Å². The van der Waals surface area contributed by atoms with Crippen LogP contribution in [0.15, 0.2) is 12.2 Å². The van der Waals surface area contributed by atoms with Crippen molar-refractivity contribution in [3.8, 4) is 0 Å². The summed E-state index contributed by atoms with van der Waals surface area (Å²) >= 11 is 0. The highest BCUT2D eigenvalue weighted by Crippen LogP contribution is 2.60. The van der Waals surface area contributed by atoms with Crippen molar-refractivity contribution in [1.82, 2.24) is 0 Å². The lowest BCUT2D eigenvalue weighted by Crippen LogP contribution is -2.69. The van der Waals surface area contributed by atoms with Crippen LogP contribution in [0.5, 0.6) is 0 Å². The van der Waals surface area contributed by atoms with Crippen molar-refractivity contribution < 1.29 is 75.7 Å². The maximum Gasteiger partial charge on any atom is 1.00 e. The first-order chi connectivity index (χ1) is 11.5. The van der Waals surface area contributed by atoms with E-state index in [9.17, 15) is 70.0 Å². The Bertz CT molecular complexity index is 670. The number of hydrogen-bond donors (Lipinski definition) is 0. The van der Waals surface area contributed by atoms with Gasteiger partial charge in [0.25, 0.3) is 0 Å². The van der Waals surface area contributed by atoms with E-state index in [2.05, 4.69) is 4.18 Å². The molecule has 0 aliphatic rings. The fourth-order valence-corrected chi connectivity index (χ4v) is 1.45. The average Bonchev–Trinajstić information content (AvgIpc) is 2.40. The molecule has 0 aliphatic carbocycles. The summed E-state index contributed by atoms with van der Waals surface area (Å²) in [5.41, 5.74) is 0. The number of allylic oxidation sites excluding steroid dienone is 1. The minimum absolute atomic E-state index is 0. The maximum atomic E-state index is 13.1. The highest BCUT2D eigenvalue weighted by atomic mass is 32.3. The Morgan fingerprint density at radius 1 is 0.741 bits per heavy atom. The number of hydrogen-bond acceptors (Lipinski definition) is 4. The zero-order valence-corrected chi connectivity index (χ0v) is 12.6. The SMILES string of the molecule is O=S(=O)([O-])OCC=CC(F)(F)C(F)(F)C(F)(F)C(F)(F)C(F)(F)C(F)(F)F.[H+]. The predicted molar refractivity (Wildman–Crippen MR) is 56.7 cm³/mol. The molecule has 0 aromatic heterocycles. The normalized spacial score (nSPS) is 16.2. The Kier molecular flexibility index (Phi) is 6.61. The molecular formula is C9H5F13O4S. The average molecular weight is 456 g/mol. The molecule has 0 radical (unpaired) electrons. The van der Waals surface area contributed by atoms with Crippen molar-refractivity contribution in [3.05, 3.63) is 12.2 Å². The van der Waals surface area contributed by atoms with Crippen LogP contribution in [0.3, 0.4) is 0 Å². The van der Waals surface area contributed by atoms with Crippen molar-refractivity contribution in [1.29, 1.82) is 0 Å². The molecule has 0 aliphatic heterocycles. The van der Waals surface area contributed by atoms with Crippen LogP contribution in [-0.2, 0) is 14.6 Å². The van der Waals surface area contributed by atoms with E-state index in [1.165, 1.54) is 0 Å². The van der Waals surface area contributed by atoms with Gasteiger partial charge in [-0.15, -0.1) is 0 Å². The van der Waals surface area contributed by atoms with Gasteiger partial charge in [0.2, 0.25) is 10.4 Å². The Morgan fingerprint density at radius 3 is 1.44 bits per heavy atom. The highest BCUT2D eigenvalue weighted by molar-refractivity contribution is 7.80. The zero-order valence-electron chi connectivity index (χ0n) is 12.8. The molecule has 0 saturated heterocycles. The third-order valence-electron chi connectivity index (χ3n) is 2.59. The van der Waals surface area contributed by atoms with Gasteiger partial charge >= 0.3 is 37.2 Å². The molecule has 0 atom stereocenters. The minimum Gasteiger partial charge on any atom is -0.726 e. The molecule has 0 amide bonds. The van der Waals surface area contributed by atoms with Crippen LogP contribution in [0, 0.1) is 0 Å². The van der Waals surface area contributed by atoms with Crippen LogP contribution < -0.4 is 0 Å². The number of halogens is 13. The van der Waals surface area contributed by atoms with Crippen LogP contribution in [-0.4, -0.2) is 55.4 Å². The van der Waals surface area contributed by atoms with Crippen molar-refractivity contribution in [2.75, 3.05) is 6.61 Å². The second-order valence-corrected chi connectivity index (χ2v) is 5.57. The van der Waals surface area contributed by atoms with E-state index in [1.807, 2.05) is 0 Å². The van der Waals surface area contributed by atoms with E-state index in [-0.39, 0.29) is 1.43 Å². The maximum absolute atomic E-state index is 13.1. The van der Waals surface area contributed by atoms with E-state index in [0.29, 0.717) is 0 Å². The van der Waals surface area contributed by atoms with Crippen molar-refractivity contribution >= 4 is 10.4 Å². The van der Waals surface area contributed by atoms with Gasteiger partial charge in [0.15, 0.2) is 0 Å². The third-order valence-corrected chi connectivity index (χ3v) is 3.02. The van der Waals surface area contributed by atoms with Crippen molar-refractivity contribution in [3.63, 3.8) is 0 Å². The van der Waals surface area contributed by atoms with Crippen LogP contribution in [0.4, 0.5) is 57.1 Å². The van der Waals surface area contributed by atoms with E-state index >= 15 is 0 Å². The summed E-state index contributed by atoms with van der Waals surface area (Å²) in [6.45, 7) is -1.81. The van der Waals surface area contributed by atoms with Gasteiger partial charge in [0.1, 0.15) is 0 Å². The Hall–Kier alpha value is -1.30. The van der Waals surface area contributed by atoms with Crippen molar-refractivity contribution in [2.45, 2.75) is 35.8 Å². The molecule has 0 rings (SSSR count). The lowest BCUT2D eigenvalue weighted by Gasteiger charge is -2.39. The van der Waals surface area contributed by atoms with Gasteiger partial charge < -0.3 is 4.55 Å². The molecular weight excluding hydrogens is 451 g/mol. The molecule has 4 nitrogen and oxygen atoms in total.